The fourth-order valence-corrected chi connectivity index (χ4v) is 2.83. The Balaban J connectivity index is 2.29. The van der Waals surface area contributed by atoms with Crippen LogP contribution in [-0.4, -0.2) is 48.9 Å². The number of carbonyl (C=O) groups is 2. The Hall–Kier alpha value is -1.47. The van der Waals surface area contributed by atoms with Gasteiger partial charge in [0.1, 0.15) is 11.9 Å². The monoisotopic (exact) mass is 357 g/mol. The third-order valence-corrected chi connectivity index (χ3v) is 4.00. The van der Waals surface area contributed by atoms with E-state index in [4.69, 9.17) is 0 Å². The number of hydrogen-bond acceptors (Lipinski definition) is 3. The van der Waals surface area contributed by atoms with Gasteiger partial charge in [-0.05, 0) is 35.0 Å². The number of amides is 2. The molecule has 2 N–H and O–H groups in total. The summed E-state index contributed by atoms with van der Waals surface area (Å²) in [6, 6.07) is 3.74. The smallest absolute Gasteiger partial charge is 0.258 e. The summed E-state index contributed by atoms with van der Waals surface area (Å²) < 4.78 is 14.3. The molecular weight excluding hydrogens is 341 g/mol. The van der Waals surface area contributed by atoms with E-state index in [0.717, 1.165) is 0 Å². The standard InChI is InChI=1S/C14H17BrFN3O2/c1-2-18-13(20)11-8-17-6-7-19(11)14(21)12-9(15)4-3-5-10(12)16/h3-5,11,17H,2,6-8H2,1H3,(H,18,20). The molecule has 0 spiro atoms. The zero-order valence-corrected chi connectivity index (χ0v) is 13.2. The molecule has 1 aromatic carbocycles. The molecule has 1 fully saturated rings. The van der Waals surface area contributed by atoms with Crippen LogP contribution in [0.4, 0.5) is 4.39 Å². The molecular formula is C14H17BrFN3O2. The predicted molar refractivity (Wildman–Crippen MR) is 80.5 cm³/mol. The number of rotatable bonds is 3. The lowest BCUT2D eigenvalue weighted by molar-refractivity contribution is -0.126. The highest BCUT2D eigenvalue weighted by Gasteiger charge is 2.34. The highest BCUT2D eigenvalue weighted by Crippen LogP contribution is 2.22. The van der Waals surface area contributed by atoms with Gasteiger partial charge in [0.15, 0.2) is 0 Å². The van der Waals surface area contributed by atoms with Crippen molar-refractivity contribution in [1.82, 2.24) is 15.5 Å². The number of nitrogens with zero attached hydrogens (tertiary/aromatic N) is 1. The van der Waals surface area contributed by atoms with Crippen molar-refractivity contribution >= 4 is 27.7 Å². The highest BCUT2D eigenvalue weighted by molar-refractivity contribution is 9.10. The molecule has 0 saturated carbocycles. The molecule has 5 nitrogen and oxygen atoms in total. The molecule has 114 valence electrons. The summed E-state index contributed by atoms with van der Waals surface area (Å²) in [5.74, 6) is -1.30. The molecule has 1 atom stereocenters. The van der Waals surface area contributed by atoms with Crippen LogP contribution in [0, 0.1) is 5.82 Å². The summed E-state index contributed by atoms with van der Waals surface area (Å²) in [5.41, 5.74) is -0.0336. The van der Waals surface area contributed by atoms with E-state index in [1.165, 1.54) is 17.0 Å². The van der Waals surface area contributed by atoms with Crippen LogP contribution in [-0.2, 0) is 4.79 Å². The van der Waals surface area contributed by atoms with Gasteiger partial charge in [-0.3, -0.25) is 9.59 Å². The van der Waals surface area contributed by atoms with E-state index in [1.807, 2.05) is 6.92 Å². The van der Waals surface area contributed by atoms with Crippen molar-refractivity contribution in [2.45, 2.75) is 13.0 Å². The highest BCUT2D eigenvalue weighted by atomic mass is 79.9. The summed E-state index contributed by atoms with van der Waals surface area (Å²) in [5, 5.41) is 5.78. The quantitative estimate of drug-likeness (QED) is 0.852. The minimum Gasteiger partial charge on any atom is -0.355 e. The van der Waals surface area contributed by atoms with E-state index in [0.29, 0.717) is 30.7 Å². The maximum absolute atomic E-state index is 13.9. The van der Waals surface area contributed by atoms with Crippen LogP contribution in [0.15, 0.2) is 22.7 Å². The SMILES string of the molecule is CCNC(=O)C1CNCCN1C(=O)c1c(F)cccc1Br. The number of carbonyl (C=O) groups excluding carboxylic acids is 2. The second-order valence-electron chi connectivity index (χ2n) is 4.71. The average Bonchev–Trinajstić information content (AvgIpc) is 2.47. The van der Waals surface area contributed by atoms with Gasteiger partial charge in [-0.15, -0.1) is 0 Å². The summed E-state index contributed by atoms with van der Waals surface area (Å²) in [6.45, 7) is 3.60. The minimum atomic E-state index is -0.627. The molecule has 21 heavy (non-hydrogen) atoms. The van der Waals surface area contributed by atoms with Crippen molar-refractivity contribution in [2.75, 3.05) is 26.2 Å². The first-order chi connectivity index (χ1) is 10.1. The summed E-state index contributed by atoms with van der Waals surface area (Å²) >= 11 is 3.20. The Morgan fingerprint density at radius 1 is 1.52 bits per heavy atom. The van der Waals surface area contributed by atoms with Gasteiger partial charge in [-0.2, -0.15) is 0 Å². The zero-order chi connectivity index (χ0) is 15.4. The fourth-order valence-electron chi connectivity index (χ4n) is 2.32. The Morgan fingerprint density at radius 3 is 2.95 bits per heavy atom. The van der Waals surface area contributed by atoms with Crippen LogP contribution in [0.3, 0.4) is 0 Å². The summed E-state index contributed by atoms with van der Waals surface area (Å²) in [4.78, 5) is 26.1. The van der Waals surface area contributed by atoms with Gasteiger partial charge in [0.05, 0.1) is 5.56 Å². The first-order valence-corrected chi connectivity index (χ1v) is 7.59. The molecule has 1 unspecified atom stereocenters. The lowest BCUT2D eigenvalue weighted by Gasteiger charge is -2.35. The number of benzene rings is 1. The zero-order valence-electron chi connectivity index (χ0n) is 11.7. The Bertz CT molecular complexity index is 533. The molecule has 1 aliphatic rings. The molecule has 7 heteroatoms. The van der Waals surface area contributed by atoms with Gasteiger partial charge in [0.25, 0.3) is 5.91 Å². The van der Waals surface area contributed by atoms with E-state index >= 15 is 0 Å². The number of likely N-dealkylation sites (N-methyl/N-ethyl adjacent to an activating group) is 1. The van der Waals surface area contributed by atoms with Crippen molar-refractivity contribution in [2.24, 2.45) is 0 Å². The Morgan fingerprint density at radius 2 is 2.29 bits per heavy atom. The topological polar surface area (TPSA) is 61.4 Å². The third-order valence-electron chi connectivity index (χ3n) is 3.33. The van der Waals surface area contributed by atoms with Crippen LogP contribution in [0.2, 0.25) is 0 Å². The van der Waals surface area contributed by atoms with E-state index in [2.05, 4.69) is 26.6 Å². The van der Waals surface area contributed by atoms with E-state index in [1.54, 1.807) is 6.07 Å². The van der Waals surface area contributed by atoms with Gasteiger partial charge >= 0.3 is 0 Å². The van der Waals surface area contributed by atoms with Crippen LogP contribution < -0.4 is 10.6 Å². The lowest BCUT2D eigenvalue weighted by Crippen LogP contribution is -2.59. The van der Waals surface area contributed by atoms with E-state index in [9.17, 15) is 14.0 Å². The molecule has 2 rings (SSSR count). The number of nitrogens with one attached hydrogen (secondary N) is 2. The maximum Gasteiger partial charge on any atom is 0.258 e. The Labute approximate surface area is 131 Å². The second kappa shape index (κ2) is 7.00. The largest absolute Gasteiger partial charge is 0.355 e. The van der Waals surface area contributed by atoms with Crippen LogP contribution in [0.5, 0.6) is 0 Å². The van der Waals surface area contributed by atoms with Gasteiger partial charge in [-0.25, -0.2) is 4.39 Å². The van der Waals surface area contributed by atoms with Crippen LogP contribution in [0.1, 0.15) is 17.3 Å². The minimum absolute atomic E-state index is 0.0336. The van der Waals surface area contributed by atoms with Crippen LogP contribution in [0.25, 0.3) is 0 Å². The predicted octanol–water partition coefficient (Wildman–Crippen LogP) is 1.14. The molecule has 0 bridgehead atoms. The molecule has 1 saturated heterocycles. The first kappa shape index (κ1) is 15.9. The van der Waals surface area contributed by atoms with Crippen molar-refractivity contribution in [1.29, 1.82) is 0 Å². The maximum atomic E-state index is 13.9. The molecule has 1 aliphatic heterocycles. The van der Waals surface area contributed by atoms with Gasteiger partial charge in [-0.1, -0.05) is 6.07 Å². The number of piperazine rings is 1. The van der Waals surface area contributed by atoms with Crippen molar-refractivity contribution in [3.8, 4) is 0 Å². The molecule has 2 amide bonds. The molecule has 1 heterocycles. The van der Waals surface area contributed by atoms with Crippen molar-refractivity contribution in [3.63, 3.8) is 0 Å². The molecule has 0 radical (unpaired) electrons. The normalized spacial score (nSPS) is 18.4. The van der Waals surface area contributed by atoms with Gasteiger partial charge in [0.2, 0.25) is 5.91 Å². The van der Waals surface area contributed by atoms with Crippen molar-refractivity contribution in [3.05, 3.63) is 34.1 Å². The fraction of sp³-hybridized carbons (Fsp3) is 0.429. The molecule has 0 aromatic heterocycles. The molecule has 0 aliphatic carbocycles. The third kappa shape index (κ3) is 3.41. The summed E-state index contributed by atoms with van der Waals surface area (Å²) in [6.07, 6.45) is 0. The number of halogens is 2. The summed E-state index contributed by atoms with van der Waals surface area (Å²) in [7, 11) is 0. The number of hydrogen-bond donors (Lipinski definition) is 2. The van der Waals surface area contributed by atoms with Crippen molar-refractivity contribution < 1.29 is 14.0 Å². The van der Waals surface area contributed by atoms with Gasteiger partial charge in [0, 0.05) is 30.7 Å². The lowest BCUT2D eigenvalue weighted by atomic mass is 10.1. The average molecular weight is 358 g/mol. The second-order valence-corrected chi connectivity index (χ2v) is 5.56. The first-order valence-electron chi connectivity index (χ1n) is 6.79. The van der Waals surface area contributed by atoms with E-state index < -0.39 is 17.8 Å². The molecule has 1 aromatic rings. The Kier molecular flexibility index (Phi) is 5.30. The van der Waals surface area contributed by atoms with Gasteiger partial charge < -0.3 is 15.5 Å². The van der Waals surface area contributed by atoms with Crippen LogP contribution >= 0.6 is 15.9 Å². The van der Waals surface area contributed by atoms with E-state index in [-0.39, 0.29) is 11.5 Å².